The van der Waals surface area contributed by atoms with Crippen molar-refractivity contribution in [1.82, 2.24) is 4.90 Å². The number of carbonyl (C=O) groups excluding carboxylic acids is 1. The molecule has 10 heteroatoms. The molecule has 37 heavy (non-hydrogen) atoms. The minimum absolute atomic E-state index is 0.0861. The number of hydrogen-bond acceptors (Lipinski definition) is 5. The summed E-state index contributed by atoms with van der Waals surface area (Å²) in [6.45, 7) is 5.85. The molecule has 0 N–H and O–H groups in total. The molecule has 0 bridgehead atoms. The van der Waals surface area contributed by atoms with Gasteiger partial charge in [-0.15, -0.1) is 0 Å². The van der Waals surface area contributed by atoms with E-state index < -0.39 is 26.3 Å². The number of sulfone groups is 1. The van der Waals surface area contributed by atoms with Crippen molar-refractivity contribution in [3.8, 4) is 5.75 Å². The Morgan fingerprint density at radius 3 is 1.97 bits per heavy atom. The van der Waals surface area contributed by atoms with Gasteiger partial charge in [0.15, 0.2) is 9.84 Å². The molecular formula is C27H25Cl3N2O4S. The molecule has 0 aromatic heterocycles. The predicted octanol–water partition coefficient (Wildman–Crippen LogP) is 7.05. The molecule has 0 radical (unpaired) electrons. The lowest BCUT2D eigenvalue weighted by atomic mass is 9.71. The number of nitrogens with zero attached hydrogens (tertiary/aromatic N) is 2. The van der Waals surface area contributed by atoms with Crippen LogP contribution in [0.2, 0.25) is 10.0 Å². The SMILES string of the molecule is CCOc1cc(S(C)(=O)=O)ccc1C1=N[C@@](C)(c2ccc(Cl)cc2)[C@](C)(c2ccc(Cl)cc2)N1C(=O)Cl. The van der Waals surface area contributed by atoms with E-state index in [0.717, 1.165) is 17.4 Å². The number of rotatable bonds is 6. The maximum Gasteiger partial charge on any atom is 0.322 e. The van der Waals surface area contributed by atoms with Crippen molar-refractivity contribution in [3.05, 3.63) is 93.5 Å². The Bertz CT molecular complexity index is 1490. The van der Waals surface area contributed by atoms with Crippen molar-refractivity contribution < 1.29 is 17.9 Å². The number of amides is 1. The third-order valence-electron chi connectivity index (χ3n) is 6.85. The first-order valence-electron chi connectivity index (χ1n) is 11.4. The highest BCUT2D eigenvalue weighted by Gasteiger charge is 2.59. The van der Waals surface area contributed by atoms with Crippen LogP contribution < -0.4 is 4.74 Å². The van der Waals surface area contributed by atoms with E-state index in [0.29, 0.717) is 15.6 Å². The molecule has 1 aliphatic heterocycles. The van der Waals surface area contributed by atoms with E-state index >= 15 is 0 Å². The fourth-order valence-corrected chi connectivity index (χ4v) is 5.87. The molecule has 3 aromatic rings. The average molecular weight is 580 g/mol. The second-order valence-electron chi connectivity index (χ2n) is 9.05. The third-order valence-corrected chi connectivity index (χ3v) is 8.63. The number of ether oxygens (including phenoxy) is 1. The Morgan fingerprint density at radius 1 is 0.946 bits per heavy atom. The fraction of sp³-hybridized carbons (Fsp3) is 0.259. The van der Waals surface area contributed by atoms with Crippen LogP contribution in [-0.4, -0.2) is 37.4 Å². The predicted molar refractivity (Wildman–Crippen MR) is 148 cm³/mol. The highest BCUT2D eigenvalue weighted by Crippen LogP contribution is 2.54. The van der Waals surface area contributed by atoms with Gasteiger partial charge in [0.2, 0.25) is 0 Å². The summed E-state index contributed by atoms with van der Waals surface area (Å²) in [5.41, 5.74) is -0.185. The van der Waals surface area contributed by atoms with Crippen molar-refractivity contribution in [2.45, 2.75) is 36.7 Å². The van der Waals surface area contributed by atoms with Gasteiger partial charge in [0.25, 0.3) is 0 Å². The zero-order valence-corrected chi connectivity index (χ0v) is 23.7. The summed E-state index contributed by atoms with van der Waals surface area (Å²) in [5, 5.41) is 0.338. The van der Waals surface area contributed by atoms with Crippen molar-refractivity contribution in [3.63, 3.8) is 0 Å². The van der Waals surface area contributed by atoms with Gasteiger partial charge >= 0.3 is 5.37 Å². The van der Waals surface area contributed by atoms with Gasteiger partial charge in [-0.05, 0) is 86.0 Å². The molecular weight excluding hydrogens is 555 g/mol. The molecule has 0 unspecified atom stereocenters. The molecule has 0 saturated heterocycles. The minimum Gasteiger partial charge on any atom is -0.493 e. The monoisotopic (exact) mass is 578 g/mol. The first-order chi connectivity index (χ1) is 17.3. The number of hydrogen-bond donors (Lipinski definition) is 0. The molecule has 6 nitrogen and oxygen atoms in total. The van der Waals surface area contributed by atoms with E-state index in [1.807, 2.05) is 38.1 Å². The van der Waals surface area contributed by atoms with Gasteiger partial charge in [-0.2, -0.15) is 0 Å². The Labute approximate surface area is 231 Å². The van der Waals surface area contributed by atoms with Crippen LogP contribution in [-0.2, 0) is 20.9 Å². The third kappa shape index (κ3) is 4.74. The Hall–Kier alpha value is -2.58. The van der Waals surface area contributed by atoms with Crippen LogP contribution in [0.25, 0.3) is 0 Å². The molecule has 1 amide bonds. The summed E-state index contributed by atoms with van der Waals surface area (Å²) in [5.74, 6) is 0.518. The van der Waals surface area contributed by atoms with Gasteiger partial charge in [0.05, 0.1) is 17.1 Å². The molecule has 2 atom stereocenters. The maximum absolute atomic E-state index is 13.2. The van der Waals surface area contributed by atoms with Crippen LogP contribution in [0.15, 0.2) is 76.6 Å². The first-order valence-corrected chi connectivity index (χ1v) is 14.4. The van der Waals surface area contributed by atoms with Crippen molar-refractivity contribution in [1.29, 1.82) is 0 Å². The van der Waals surface area contributed by atoms with E-state index in [2.05, 4.69) is 0 Å². The van der Waals surface area contributed by atoms with Crippen molar-refractivity contribution in [2.75, 3.05) is 12.9 Å². The summed E-state index contributed by atoms with van der Waals surface area (Å²) in [6, 6.07) is 18.9. The molecule has 194 valence electrons. The molecule has 1 heterocycles. The second-order valence-corrected chi connectivity index (χ2v) is 12.3. The van der Waals surface area contributed by atoms with Gasteiger partial charge in [0, 0.05) is 16.3 Å². The van der Waals surface area contributed by atoms with E-state index in [4.69, 9.17) is 44.5 Å². The Balaban J connectivity index is 2.05. The molecule has 0 fully saturated rings. The zero-order valence-electron chi connectivity index (χ0n) is 20.6. The van der Waals surface area contributed by atoms with Gasteiger partial charge in [0.1, 0.15) is 22.7 Å². The standard InChI is InChI=1S/C27H25Cl3N2O4S/c1-5-36-23-16-21(37(4,34)35)14-15-22(23)24-31-26(2,17-6-10-19(28)11-7-17)27(3,32(24)25(30)33)18-8-12-20(29)13-9-18/h6-16H,5H2,1-4H3/t26-,27-/m0/s1. The summed E-state index contributed by atoms with van der Waals surface area (Å²) in [7, 11) is -3.51. The second kappa shape index (κ2) is 9.95. The van der Waals surface area contributed by atoms with Gasteiger partial charge < -0.3 is 4.74 Å². The fourth-order valence-electron chi connectivity index (χ4n) is 4.74. The highest BCUT2D eigenvalue weighted by atomic mass is 35.5. The largest absolute Gasteiger partial charge is 0.493 e. The van der Waals surface area contributed by atoms with E-state index in [-0.39, 0.29) is 23.1 Å². The van der Waals surface area contributed by atoms with Crippen LogP contribution >= 0.6 is 34.8 Å². The number of amidine groups is 1. The summed E-state index contributed by atoms with van der Waals surface area (Å²) >= 11 is 18.7. The first kappa shape index (κ1) is 27.5. The number of carbonyl (C=O) groups is 1. The minimum atomic E-state index is -3.51. The highest BCUT2D eigenvalue weighted by molar-refractivity contribution is 7.90. The summed E-state index contributed by atoms with van der Waals surface area (Å²) in [6.07, 6.45) is 1.12. The number of aliphatic imine (C=N–C) groups is 1. The van der Waals surface area contributed by atoms with E-state index in [1.165, 1.54) is 17.0 Å². The Morgan fingerprint density at radius 2 is 1.49 bits per heavy atom. The molecule has 1 aliphatic rings. The number of benzene rings is 3. The summed E-state index contributed by atoms with van der Waals surface area (Å²) in [4.78, 5) is 19.8. The van der Waals surface area contributed by atoms with Crippen LogP contribution in [0.5, 0.6) is 5.75 Å². The van der Waals surface area contributed by atoms with Crippen LogP contribution in [0.3, 0.4) is 0 Å². The molecule has 3 aromatic carbocycles. The quantitative estimate of drug-likeness (QED) is 0.232. The lowest BCUT2D eigenvalue weighted by Gasteiger charge is -2.44. The molecule has 0 saturated carbocycles. The molecule has 4 rings (SSSR count). The van der Waals surface area contributed by atoms with Crippen molar-refractivity contribution in [2.24, 2.45) is 4.99 Å². The van der Waals surface area contributed by atoms with Crippen LogP contribution in [0.4, 0.5) is 4.79 Å². The van der Waals surface area contributed by atoms with Crippen LogP contribution in [0.1, 0.15) is 37.5 Å². The molecule has 0 spiro atoms. The van der Waals surface area contributed by atoms with Gasteiger partial charge in [-0.1, -0.05) is 47.5 Å². The Kier molecular flexibility index (Phi) is 7.38. The molecule has 0 aliphatic carbocycles. The topological polar surface area (TPSA) is 76.0 Å². The van der Waals surface area contributed by atoms with Crippen LogP contribution in [0, 0.1) is 0 Å². The van der Waals surface area contributed by atoms with Crippen molar-refractivity contribution >= 4 is 55.8 Å². The average Bonchev–Trinajstić information content (AvgIpc) is 3.08. The normalized spacial score (nSPS) is 21.6. The van der Waals surface area contributed by atoms with E-state index in [1.54, 1.807) is 37.3 Å². The zero-order chi connectivity index (χ0) is 27.2. The lowest BCUT2D eigenvalue weighted by molar-refractivity contribution is 0.149. The maximum atomic E-state index is 13.2. The summed E-state index contributed by atoms with van der Waals surface area (Å²) < 4.78 is 30.3. The van der Waals surface area contributed by atoms with Gasteiger partial charge in [-0.3, -0.25) is 14.7 Å². The smallest absolute Gasteiger partial charge is 0.322 e. The van der Waals surface area contributed by atoms with E-state index in [9.17, 15) is 13.2 Å². The van der Waals surface area contributed by atoms with Gasteiger partial charge in [-0.25, -0.2) is 8.42 Å². The number of halogens is 3. The lowest BCUT2D eigenvalue weighted by Crippen LogP contribution is -2.53.